The normalized spacial score (nSPS) is 23.5. The summed E-state index contributed by atoms with van der Waals surface area (Å²) in [4.78, 5) is 12.5. The topological polar surface area (TPSA) is 53.4 Å². The third-order valence-corrected chi connectivity index (χ3v) is 3.53. The largest absolute Gasteiger partial charge is 0.383 e. The van der Waals surface area contributed by atoms with Crippen LogP contribution in [0.1, 0.15) is 23.8 Å². The summed E-state index contributed by atoms with van der Waals surface area (Å²) in [6.07, 6.45) is 2.19. The lowest BCUT2D eigenvalue weighted by atomic mass is 9.95. The number of methoxy groups -OCH3 is 1. The van der Waals surface area contributed by atoms with Crippen molar-refractivity contribution in [1.82, 2.24) is 9.78 Å². The van der Waals surface area contributed by atoms with Crippen LogP contribution in [0.4, 0.5) is 0 Å². The number of carbonyl (C=O) groups is 1. The Kier molecular flexibility index (Phi) is 4.37. The number of hydrogen-bond acceptors (Lipinski definition) is 4. The van der Waals surface area contributed by atoms with E-state index in [1.54, 1.807) is 11.8 Å². The van der Waals surface area contributed by atoms with Gasteiger partial charge in [-0.15, -0.1) is 0 Å². The summed E-state index contributed by atoms with van der Waals surface area (Å²) in [5.41, 5.74) is 0.469. The van der Waals surface area contributed by atoms with Crippen LogP contribution in [0.5, 0.6) is 0 Å². The number of hydrogen-bond donors (Lipinski definition) is 0. The maximum atomic E-state index is 12.5. The molecule has 0 aromatic carbocycles. The van der Waals surface area contributed by atoms with E-state index >= 15 is 0 Å². The van der Waals surface area contributed by atoms with Crippen molar-refractivity contribution in [3.05, 3.63) is 16.9 Å². The van der Waals surface area contributed by atoms with Crippen LogP contribution in [-0.4, -0.2) is 42.0 Å². The predicted octanol–water partition coefficient (Wildman–Crippen LogP) is 1.79. The van der Waals surface area contributed by atoms with Gasteiger partial charge in [0, 0.05) is 13.7 Å². The van der Waals surface area contributed by atoms with Gasteiger partial charge in [-0.2, -0.15) is 5.10 Å². The Hall–Kier alpha value is -0.910. The lowest BCUT2D eigenvalue weighted by Gasteiger charge is -2.14. The second kappa shape index (κ2) is 5.82. The molecule has 0 N–H and O–H groups in total. The van der Waals surface area contributed by atoms with Crippen molar-refractivity contribution in [3.63, 3.8) is 0 Å². The van der Waals surface area contributed by atoms with E-state index in [0.29, 0.717) is 30.5 Å². The van der Waals surface area contributed by atoms with Gasteiger partial charge in [0.05, 0.1) is 36.4 Å². The van der Waals surface area contributed by atoms with E-state index in [-0.39, 0.29) is 17.8 Å². The molecule has 1 aliphatic heterocycles. The van der Waals surface area contributed by atoms with Gasteiger partial charge in [0.2, 0.25) is 0 Å². The second-order valence-electron chi connectivity index (χ2n) is 4.39. The predicted molar refractivity (Wildman–Crippen MR) is 67.0 cm³/mol. The zero-order valence-electron chi connectivity index (χ0n) is 10.6. The van der Waals surface area contributed by atoms with Gasteiger partial charge in [0.25, 0.3) is 0 Å². The quantitative estimate of drug-likeness (QED) is 0.767. The maximum absolute atomic E-state index is 12.5. The summed E-state index contributed by atoms with van der Waals surface area (Å²) >= 11 is 6.06. The molecule has 5 nitrogen and oxygen atoms in total. The van der Waals surface area contributed by atoms with Crippen LogP contribution in [-0.2, 0) is 16.0 Å². The fraction of sp³-hybridized carbons (Fsp3) is 0.667. The SMILES string of the molecule is COCCn1ncc(Cl)c1C(=O)C1CCOC1C. The number of ether oxygens (including phenoxy) is 2. The van der Waals surface area contributed by atoms with Gasteiger partial charge in [0.15, 0.2) is 5.78 Å². The maximum Gasteiger partial charge on any atom is 0.188 e. The van der Waals surface area contributed by atoms with Gasteiger partial charge in [-0.3, -0.25) is 9.48 Å². The zero-order valence-corrected chi connectivity index (χ0v) is 11.3. The highest BCUT2D eigenvalue weighted by atomic mass is 35.5. The van der Waals surface area contributed by atoms with E-state index in [9.17, 15) is 4.79 Å². The molecule has 1 saturated heterocycles. The first-order valence-corrected chi connectivity index (χ1v) is 6.39. The molecule has 2 atom stereocenters. The number of halogens is 1. The molecule has 2 unspecified atom stereocenters. The number of ketones is 1. The van der Waals surface area contributed by atoms with E-state index in [4.69, 9.17) is 21.1 Å². The summed E-state index contributed by atoms with van der Waals surface area (Å²) in [6.45, 7) is 3.56. The van der Waals surface area contributed by atoms with E-state index in [2.05, 4.69) is 5.10 Å². The summed E-state index contributed by atoms with van der Waals surface area (Å²) in [5, 5.41) is 4.51. The van der Waals surface area contributed by atoms with E-state index in [0.717, 1.165) is 6.42 Å². The number of carbonyl (C=O) groups excluding carboxylic acids is 1. The monoisotopic (exact) mass is 272 g/mol. The molecule has 1 aliphatic rings. The Labute approximate surface area is 111 Å². The molecule has 1 aromatic rings. The van der Waals surface area contributed by atoms with E-state index in [1.165, 1.54) is 6.20 Å². The number of nitrogens with zero attached hydrogens (tertiary/aromatic N) is 2. The minimum absolute atomic E-state index is 0.0126. The first kappa shape index (κ1) is 13.5. The summed E-state index contributed by atoms with van der Waals surface area (Å²) in [7, 11) is 1.61. The molecule has 0 bridgehead atoms. The van der Waals surface area contributed by atoms with Crippen LogP contribution in [0.15, 0.2) is 6.20 Å². The van der Waals surface area contributed by atoms with E-state index in [1.807, 2.05) is 6.92 Å². The van der Waals surface area contributed by atoms with Crippen LogP contribution in [0.25, 0.3) is 0 Å². The third kappa shape index (κ3) is 2.58. The van der Waals surface area contributed by atoms with Gasteiger partial charge in [0.1, 0.15) is 5.69 Å². The first-order valence-electron chi connectivity index (χ1n) is 6.01. The highest BCUT2D eigenvalue weighted by Gasteiger charge is 2.34. The average Bonchev–Trinajstić information content (AvgIpc) is 2.92. The molecule has 0 amide bonds. The van der Waals surface area contributed by atoms with Crippen LogP contribution < -0.4 is 0 Å². The standard InChI is InChI=1S/C12H17ClN2O3/c1-8-9(3-5-18-8)12(16)11-10(13)7-14-15(11)4-6-17-2/h7-9H,3-6H2,1-2H3. The molecule has 0 radical (unpaired) electrons. The Balaban J connectivity index is 2.20. The lowest BCUT2D eigenvalue weighted by Crippen LogP contribution is -2.25. The fourth-order valence-corrected chi connectivity index (χ4v) is 2.44. The Bertz CT molecular complexity index is 433. The number of Topliss-reactive ketones (excluding diaryl/α,β-unsaturated/α-hetero) is 1. The van der Waals surface area contributed by atoms with Crippen molar-refractivity contribution in [2.75, 3.05) is 20.3 Å². The number of aromatic nitrogens is 2. The fourth-order valence-electron chi connectivity index (χ4n) is 2.21. The molecule has 2 heterocycles. The molecule has 0 spiro atoms. The van der Waals surface area contributed by atoms with Crippen molar-refractivity contribution in [3.8, 4) is 0 Å². The molecule has 2 rings (SSSR count). The van der Waals surface area contributed by atoms with Gasteiger partial charge in [-0.05, 0) is 13.3 Å². The number of rotatable bonds is 5. The van der Waals surface area contributed by atoms with Crippen LogP contribution in [0, 0.1) is 5.92 Å². The van der Waals surface area contributed by atoms with Crippen molar-refractivity contribution in [2.45, 2.75) is 26.0 Å². The minimum atomic E-state index is -0.125. The van der Waals surface area contributed by atoms with Gasteiger partial charge in [-0.1, -0.05) is 11.6 Å². The molecule has 0 aliphatic carbocycles. The smallest absolute Gasteiger partial charge is 0.188 e. The van der Waals surface area contributed by atoms with Crippen molar-refractivity contribution in [1.29, 1.82) is 0 Å². The molecule has 100 valence electrons. The van der Waals surface area contributed by atoms with Crippen LogP contribution >= 0.6 is 11.6 Å². The lowest BCUT2D eigenvalue weighted by molar-refractivity contribution is 0.0752. The van der Waals surface area contributed by atoms with Gasteiger partial charge >= 0.3 is 0 Å². The summed E-state index contributed by atoms with van der Waals surface area (Å²) in [6, 6.07) is 0. The molecular weight excluding hydrogens is 256 g/mol. The van der Waals surface area contributed by atoms with Crippen molar-refractivity contribution < 1.29 is 14.3 Å². The van der Waals surface area contributed by atoms with Gasteiger partial charge < -0.3 is 9.47 Å². The molecular formula is C12H17ClN2O3. The second-order valence-corrected chi connectivity index (χ2v) is 4.80. The molecule has 18 heavy (non-hydrogen) atoms. The summed E-state index contributed by atoms with van der Waals surface area (Å²) < 4.78 is 12.0. The molecule has 6 heteroatoms. The van der Waals surface area contributed by atoms with Crippen LogP contribution in [0.2, 0.25) is 5.02 Å². The Morgan fingerprint density at radius 3 is 3.11 bits per heavy atom. The zero-order chi connectivity index (χ0) is 13.1. The molecule has 0 saturated carbocycles. The Morgan fingerprint density at radius 1 is 1.72 bits per heavy atom. The van der Waals surface area contributed by atoms with Crippen LogP contribution in [0.3, 0.4) is 0 Å². The average molecular weight is 273 g/mol. The molecule has 1 fully saturated rings. The first-order chi connectivity index (χ1) is 8.65. The third-order valence-electron chi connectivity index (χ3n) is 3.25. The van der Waals surface area contributed by atoms with Gasteiger partial charge in [-0.25, -0.2) is 0 Å². The molecule has 1 aromatic heterocycles. The Morgan fingerprint density at radius 2 is 2.50 bits per heavy atom. The highest BCUT2D eigenvalue weighted by Crippen LogP contribution is 2.27. The summed E-state index contributed by atoms with van der Waals surface area (Å²) in [5.74, 6) is -0.112. The van der Waals surface area contributed by atoms with Crippen molar-refractivity contribution >= 4 is 17.4 Å². The minimum Gasteiger partial charge on any atom is -0.383 e. The highest BCUT2D eigenvalue weighted by molar-refractivity contribution is 6.33. The van der Waals surface area contributed by atoms with E-state index < -0.39 is 0 Å². The van der Waals surface area contributed by atoms with Crippen molar-refractivity contribution in [2.24, 2.45) is 5.92 Å².